The van der Waals surface area contributed by atoms with Crippen LogP contribution in [0.3, 0.4) is 0 Å². The second-order valence-electron chi connectivity index (χ2n) is 16.1. The Bertz CT molecular complexity index is 3600. The van der Waals surface area contributed by atoms with Gasteiger partial charge >= 0.3 is 0 Å². The molecular weight excluding hydrogens is 767 g/mol. The van der Waals surface area contributed by atoms with E-state index in [2.05, 4.69) is 210 Å². The molecule has 12 rings (SSSR count). The van der Waals surface area contributed by atoms with Gasteiger partial charge in [0.25, 0.3) is 0 Å². The van der Waals surface area contributed by atoms with Crippen LogP contribution in [0.1, 0.15) is 5.56 Å². The zero-order valence-electron chi connectivity index (χ0n) is 34.5. The van der Waals surface area contributed by atoms with Crippen LogP contribution in [0, 0.1) is 6.92 Å². The van der Waals surface area contributed by atoms with Gasteiger partial charge in [0.05, 0.1) is 33.5 Å². The van der Waals surface area contributed by atoms with Gasteiger partial charge in [-0.15, -0.1) is 0 Å². The molecule has 0 amide bonds. The van der Waals surface area contributed by atoms with E-state index in [0.29, 0.717) is 5.82 Å². The topological polar surface area (TPSA) is 48.5 Å². The third-order valence-corrected chi connectivity index (χ3v) is 12.4. The van der Waals surface area contributed by atoms with Crippen LogP contribution in [0.25, 0.3) is 111 Å². The number of para-hydroxylation sites is 3. The summed E-state index contributed by atoms with van der Waals surface area (Å²) in [6, 6.07) is 73.4. The summed E-state index contributed by atoms with van der Waals surface area (Å²) in [5, 5.41) is 4.88. The number of nitrogens with zero attached hydrogens (tertiary/aromatic N) is 5. The van der Waals surface area contributed by atoms with Gasteiger partial charge in [-0.3, -0.25) is 4.98 Å². The molecule has 296 valence electrons. The number of rotatable bonds is 7. The zero-order chi connectivity index (χ0) is 41.9. The predicted octanol–water partition coefficient (Wildman–Crippen LogP) is 14.7. The van der Waals surface area contributed by atoms with Crippen molar-refractivity contribution in [3.05, 3.63) is 224 Å². The second-order valence-corrected chi connectivity index (χ2v) is 16.1. The lowest BCUT2D eigenvalue weighted by Gasteiger charge is -2.14. The van der Waals surface area contributed by atoms with Crippen LogP contribution >= 0.6 is 0 Å². The molecule has 0 aliphatic heterocycles. The van der Waals surface area contributed by atoms with Crippen LogP contribution in [0.5, 0.6) is 0 Å². The molecular formula is C58H39N5. The van der Waals surface area contributed by atoms with Crippen molar-refractivity contribution in [1.29, 1.82) is 0 Å². The van der Waals surface area contributed by atoms with Gasteiger partial charge in [0.15, 0.2) is 5.82 Å². The van der Waals surface area contributed by atoms with E-state index < -0.39 is 0 Å². The van der Waals surface area contributed by atoms with E-state index in [0.717, 1.165) is 67.2 Å². The highest BCUT2D eigenvalue weighted by Gasteiger charge is 2.18. The lowest BCUT2D eigenvalue weighted by atomic mass is 10.00. The number of hydrogen-bond donors (Lipinski definition) is 0. The molecule has 0 aliphatic carbocycles. The molecule has 0 saturated heterocycles. The summed E-state index contributed by atoms with van der Waals surface area (Å²) in [6.07, 6.45) is 3.80. The Kier molecular flexibility index (Phi) is 8.64. The number of hydrogen-bond acceptors (Lipinski definition) is 3. The minimum absolute atomic E-state index is 0.646. The maximum Gasteiger partial charge on any atom is 0.162 e. The highest BCUT2D eigenvalue weighted by atomic mass is 15.0. The highest BCUT2D eigenvalue weighted by molar-refractivity contribution is 6.11. The first-order valence-electron chi connectivity index (χ1n) is 21.3. The molecule has 0 saturated carbocycles. The Morgan fingerprint density at radius 2 is 0.746 bits per heavy atom. The van der Waals surface area contributed by atoms with E-state index in [9.17, 15) is 0 Å². The smallest absolute Gasteiger partial charge is 0.162 e. The average molecular weight is 806 g/mol. The number of fused-ring (bicyclic) bond motifs is 6. The van der Waals surface area contributed by atoms with Crippen molar-refractivity contribution in [3.63, 3.8) is 0 Å². The van der Waals surface area contributed by atoms with Crippen molar-refractivity contribution in [1.82, 2.24) is 24.1 Å². The van der Waals surface area contributed by atoms with Crippen LogP contribution in [0.4, 0.5) is 0 Å². The van der Waals surface area contributed by atoms with Crippen molar-refractivity contribution in [2.75, 3.05) is 0 Å². The standard InChI is InChI=1S/C58H39N5/c1-38-56(40-15-5-2-6-16-40)60-58(61-57(38)41-17-7-3-8-18-41)45-33-44(36-59-37-45)43-28-32-55-51(35-43)49-22-12-14-24-53(49)63(55)47-29-25-39(26-30-47)42-27-31-54-50(34-42)48-21-11-13-23-52(48)62(54)46-19-9-4-10-20-46/h2-37H,1H3. The van der Waals surface area contributed by atoms with Crippen LogP contribution in [0.15, 0.2) is 219 Å². The number of aromatic nitrogens is 5. The average Bonchev–Trinajstić information content (AvgIpc) is 3.87. The summed E-state index contributed by atoms with van der Waals surface area (Å²) in [5.41, 5.74) is 17.3. The van der Waals surface area contributed by atoms with E-state index >= 15 is 0 Å². The van der Waals surface area contributed by atoms with E-state index in [1.54, 1.807) is 0 Å². The summed E-state index contributed by atoms with van der Waals surface area (Å²) in [6.45, 7) is 2.11. The summed E-state index contributed by atoms with van der Waals surface area (Å²) in [5.74, 6) is 0.646. The van der Waals surface area contributed by atoms with Crippen LogP contribution < -0.4 is 0 Å². The Labute approximate surface area is 364 Å². The lowest BCUT2D eigenvalue weighted by molar-refractivity contribution is 1.14. The molecule has 0 aliphatic rings. The molecule has 5 heteroatoms. The molecule has 4 heterocycles. The lowest BCUT2D eigenvalue weighted by Crippen LogP contribution is -2.00. The summed E-state index contributed by atoms with van der Waals surface area (Å²) in [7, 11) is 0. The SMILES string of the molecule is Cc1c(-c2ccccc2)nc(-c2cncc(-c3ccc4c(c3)c3ccccc3n4-c3ccc(-c4ccc5c(c4)c4ccccc4n5-c4ccccc4)cc3)c2)nc1-c1ccccc1. The molecule has 8 aromatic carbocycles. The fourth-order valence-electron chi connectivity index (χ4n) is 9.36. The molecule has 0 N–H and O–H groups in total. The third-order valence-electron chi connectivity index (χ3n) is 12.4. The first-order valence-corrected chi connectivity index (χ1v) is 21.3. The van der Waals surface area contributed by atoms with Gasteiger partial charge in [0, 0.05) is 73.1 Å². The maximum absolute atomic E-state index is 5.17. The third kappa shape index (κ3) is 6.21. The van der Waals surface area contributed by atoms with Crippen molar-refractivity contribution < 1.29 is 0 Å². The molecule has 5 nitrogen and oxygen atoms in total. The molecule has 0 bridgehead atoms. The van der Waals surface area contributed by atoms with E-state index in [1.807, 2.05) is 24.5 Å². The van der Waals surface area contributed by atoms with Gasteiger partial charge in [0.1, 0.15) is 0 Å². The van der Waals surface area contributed by atoms with Gasteiger partial charge in [-0.05, 0) is 90.3 Å². The molecule has 4 aromatic heterocycles. The summed E-state index contributed by atoms with van der Waals surface area (Å²) in [4.78, 5) is 15.1. The Morgan fingerprint density at radius 1 is 0.317 bits per heavy atom. The second kappa shape index (κ2) is 14.9. The van der Waals surface area contributed by atoms with Gasteiger partial charge in [-0.25, -0.2) is 9.97 Å². The van der Waals surface area contributed by atoms with Gasteiger partial charge in [0.2, 0.25) is 0 Å². The maximum atomic E-state index is 5.17. The van der Waals surface area contributed by atoms with Gasteiger partial charge in [-0.1, -0.05) is 140 Å². The molecule has 0 radical (unpaired) electrons. The van der Waals surface area contributed by atoms with E-state index in [1.165, 1.54) is 43.7 Å². The van der Waals surface area contributed by atoms with Crippen LogP contribution in [-0.2, 0) is 0 Å². The van der Waals surface area contributed by atoms with Crippen molar-refractivity contribution in [2.24, 2.45) is 0 Å². The summed E-state index contributed by atoms with van der Waals surface area (Å²) >= 11 is 0. The predicted molar refractivity (Wildman–Crippen MR) is 260 cm³/mol. The Hall–Kier alpha value is -8.41. The van der Waals surface area contributed by atoms with E-state index in [-0.39, 0.29) is 0 Å². The zero-order valence-corrected chi connectivity index (χ0v) is 34.5. The normalized spacial score (nSPS) is 11.6. The quantitative estimate of drug-likeness (QED) is 0.161. The molecule has 0 fully saturated rings. The molecule has 63 heavy (non-hydrogen) atoms. The van der Waals surface area contributed by atoms with E-state index in [4.69, 9.17) is 15.0 Å². The first-order chi connectivity index (χ1) is 31.2. The fourth-order valence-corrected chi connectivity index (χ4v) is 9.36. The fraction of sp³-hybridized carbons (Fsp3) is 0.0172. The van der Waals surface area contributed by atoms with Crippen molar-refractivity contribution in [2.45, 2.75) is 6.92 Å². The largest absolute Gasteiger partial charge is 0.309 e. The number of pyridine rings is 1. The van der Waals surface area contributed by atoms with Crippen LogP contribution in [-0.4, -0.2) is 24.1 Å². The van der Waals surface area contributed by atoms with Crippen molar-refractivity contribution >= 4 is 43.6 Å². The Balaban J connectivity index is 0.920. The van der Waals surface area contributed by atoms with Crippen LogP contribution in [0.2, 0.25) is 0 Å². The summed E-state index contributed by atoms with van der Waals surface area (Å²) < 4.78 is 4.74. The molecule has 0 unspecified atom stereocenters. The van der Waals surface area contributed by atoms with Gasteiger partial charge in [-0.2, -0.15) is 0 Å². The molecule has 0 spiro atoms. The molecule has 12 aromatic rings. The monoisotopic (exact) mass is 805 g/mol. The van der Waals surface area contributed by atoms with Crippen molar-refractivity contribution in [3.8, 4) is 67.5 Å². The van der Waals surface area contributed by atoms with Gasteiger partial charge < -0.3 is 9.13 Å². The first kappa shape index (κ1) is 36.4. The minimum Gasteiger partial charge on any atom is -0.309 e. The minimum atomic E-state index is 0.646. The highest BCUT2D eigenvalue weighted by Crippen LogP contribution is 2.39. The number of benzene rings is 8. The molecule has 0 atom stereocenters. The Morgan fingerprint density at radius 3 is 1.30 bits per heavy atom.